The van der Waals surface area contributed by atoms with Crippen molar-refractivity contribution in [3.8, 4) is 5.75 Å². The molecule has 0 aliphatic rings. The molecular formula is C12H13N3O3. The number of aromatic nitrogens is 3. The van der Waals surface area contributed by atoms with Crippen LogP contribution in [-0.2, 0) is 6.54 Å². The minimum atomic E-state index is -1.05. The number of hydrogen-bond donors (Lipinski definition) is 1. The number of carboxylic acids is 1. The lowest BCUT2D eigenvalue weighted by atomic mass is 10.2. The molecule has 0 spiro atoms. The van der Waals surface area contributed by atoms with Crippen molar-refractivity contribution in [1.29, 1.82) is 0 Å². The van der Waals surface area contributed by atoms with E-state index < -0.39 is 5.97 Å². The molecule has 2 rings (SSSR count). The predicted molar refractivity (Wildman–Crippen MR) is 63.7 cm³/mol. The standard InChI is InChI=1S/C12H13N3O3/c1-9-3-2-4-10(7-9)18-6-5-15-11(12(16)17)8-13-14-15/h2-4,7-8H,5-6H2,1H3,(H,16,17). The van der Waals surface area contributed by atoms with Gasteiger partial charge in [0.1, 0.15) is 12.4 Å². The maximum Gasteiger partial charge on any atom is 0.355 e. The molecule has 1 aromatic carbocycles. The molecule has 0 unspecified atom stereocenters. The van der Waals surface area contributed by atoms with Crippen molar-refractivity contribution >= 4 is 5.97 Å². The normalized spacial score (nSPS) is 10.3. The zero-order chi connectivity index (χ0) is 13.0. The van der Waals surface area contributed by atoms with E-state index in [1.54, 1.807) is 0 Å². The summed E-state index contributed by atoms with van der Waals surface area (Å²) < 4.78 is 6.82. The van der Waals surface area contributed by atoms with Crippen molar-refractivity contribution < 1.29 is 14.6 Å². The van der Waals surface area contributed by atoms with E-state index in [0.29, 0.717) is 13.2 Å². The van der Waals surface area contributed by atoms with E-state index in [9.17, 15) is 4.79 Å². The summed E-state index contributed by atoms with van der Waals surface area (Å²) in [6.07, 6.45) is 1.22. The number of aryl methyl sites for hydroxylation is 1. The first-order chi connectivity index (χ1) is 8.66. The monoisotopic (exact) mass is 247 g/mol. The molecule has 6 heteroatoms. The van der Waals surface area contributed by atoms with Crippen LogP contribution in [0.3, 0.4) is 0 Å². The van der Waals surface area contributed by atoms with Gasteiger partial charge in [0.2, 0.25) is 0 Å². The Morgan fingerprint density at radius 2 is 2.33 bits per heavy atom. The van der Waals surface area contributed by atoms with E-state index in [2.05, 4.69) is 10.3 Å². The highest BCUT2D eigenvalue weighted by molar-refractivity contribution is 5.85. The van der Waals surface area contributed by atoms with Crippen LogP contribution in [0.1, 0.15) is 16.1 Å². The van der Waals surface area contributed by atoms with E-state index >= 15 is 0 Å². The van der Waals surface area contributed by atoms with Crippen molar-refractivity contribution in [2.75, 3.05) is 6.61 Å². The summed E-state index contributed by atoms with van der Waals surface area (Å²) in [5.41, 5.74) is 1.17. The number of rotatable bonds is 5. The molecule has 0 fully saturated rings. The molecule has 0 saturated carbocycles. The zero-order valence-electron chi connectivity index (χ0n) is 9.91. The zero-order valence-corrected chi connectivity index (χ0v) is 9.91. The maximum absolute atomic E-state index is 10.8. The largest absolute Gasteiger partial charge is 0.492 e. The summed E-state index contributed by atoms with van der Waals surface area (Å²) in [5, 5.41) is 16.1. The fourth-order valence-corrected chi connectivity index (χ4v) is 1.54. The topological polar surface area (TPSA) is 77.2 Å². The van der Waals surface area contributed by atoms with Crippen LogP contribution in [0, 0.1) is 6.92 Å². The number of aromatic carboxylic acids is 1. The molecular weight excluding hydrogens is 234 g/mol. The van der Waals surface area contributed by atoms with Gasteiger partial charge in [0.15, 0.2) is 5.69 Å². The minimum absolute atomic E-state index is 0.0582. The molecule has 0 radical (unpaired) electrons. The van der Waals surface area contributed by atoms with Gasteiger partial charge in [-0.05, 0) is 24.6 Å². The van der Waals surface area contributed by atoms with Gasteiger partial charge in [0.25, 0.3) is 0 Å². The lowest BCUT2D eigenvalue weighted by Crippen LogP contribution is -2.15. The summed E-state index contributed by atoms with van der Waals surface area (Å²) in [5.74, 6) is -0.289. The van der Waals surface area contributed by atoms with Crippen LogP contribution in [0.25, 0.3) is 0 Å². The third kappa shape index (κ3) is 2.85. The molecule has 1 aromatic heterocycles. The molecule has 18 heavy (non-hydrogen) atoms. The fourth-order valence-electron chi connectivity index (χ4n) is 1.54. The number of hydrogen-bond acceptors (Lipinski definition) is 4. The second-order valence-corrected chi connectivity index (χ2v) is 3.81. The first kappa shape index (κ1) is 12.1. The Morgan fingerprint density at radius 1 is 1.50 bits per heavy atom. The first-order valence-corrected chi connectivity index (χ1v) is 5.48. The van der Waals surface area contributed by atoms with Crippen LogP contribution in [-0.4, -0.2) is 32.7 Å². The van der Waals surface area contributed by atoms with E-state index in [4.69, 9.17) is 9.84 Å². The Kier molecular flexibility index (Phi) is 3.57. The molecule has 0 aliphatic heterocycles. The van der Waals surface area contributed by atoms with Gasteiger partial charge in [0, 0.05) is 0 Å². The lowest BCUT2D eigenvalue weighted by Gasteiger charge is -2.07. The van der Waals surface area contributed by atoms with Crippen LogP contribution in [0.5, 0.6) is 5.75 Å². The van der Waals surface area contributed by atoms with Gasteiger partial charge in [-0.2, -0.15) is 0 Å². The average Bonchev–Trinajstić information content (AvgIpc) is 2.77. The Bertz CT molecular complexity index is 551. The molecule has 0 aliphatic carbocycles. The van der Waals surface area contributed by atoms with Crippen molar-refractivity contribution in [1.82, 2.24) is 15.0 Å². The van der Waals surface area contributed by atoms with Crippen LogP contribution < -0.4 is 4.74 Å². The second kappa shape index (κ2) is 5.31. The predicted octanol–water partition coefficient (Wildman–Crippen LogP) is 1.36. The van der Waals surface area contributed by atoms with E-state index in [1.807, 2.05) is 31.2 Å². The summed E-state index contributed by atoms with van der Waals surface area (Å²) in [4.78, 5) is 10.8. The Morgan fingerprint density at radius 3 is 3.06 bits per heavy atom. The van der Waals surface area contributed by atoms with E-state index in [0.717, 1.165) is 11.3 Å². The number of nitrogens with zero attached hydrogens (tertiary/aromatic N) is 3. The molecule has 94 valence electrons. The van der Waals surface area contributed by atoms with E-state index in [-0.39, 0.29) is 5.69 Å². The third-order valence-corrected chi connectivity index (χ3v) is 2.40. The molecule has 0 amide bonds. The molecule has 1 N–H and O–H groups in total. The molecule has 6 nitrogen and oxygen atoms in total. The highest BCUT2D eigenvalue weighted by atomic mass is 16.5. The molecule has 0 bridgehead atoms. The lowest BCUT2D eigenvalue weighted by molar-refractivity contribution is 0.0682. The van der Waals surface area contributed by atoms with Crippen LogP contribution >= 0.6 is 0 Å². The van der Waals surface area contributed by atoms with Crippen molar-refractivity contribution in [3.05, 3.63) is 41.7 Å². The molecule has 1 heterocycles. The van der Waals surface area contributed by atoms with Crippen molar-refractivity contribution in [2.45, 2.75) is 13.5 Å². The smallest absolute Gasteiger partial charge is 0.355 e. The highest BCUT2D eigenvalue weighted by Gasteiger charge is 2.10. The first-order valence-electron chi connectivity index (χ1n) is 5.48. The van der Waals surface area contributed by atoms with Gasteiger partial charge >= 0.3 is 5.97 Å². The summed E-state index contributed by atoms with van der Waals surface area (Å²) >= 11 is 0. The van der Waals surface area contributed by atoms with Gasteiger partial charge in [-0.1, -0.05) is 17.3 Å². The number of carboxylic acid groups (broad SMARTS) is 1. The summed E-state index contributed by atoms with van der Waals surface area (Å²) in [7, 11) is 0. The second-order valence-electron chi connectivity index (χ2n) is 3.81. The number of benzene rings is 1. The molecule has 0 atom stereocenters. The summed E-state index contributed by atoms with van der Waals surface area (Å²) in [6.45, 7) is 2.66. The Balaban J connectivity index is 1.92. The minimum Gasteiger partial charge on any atom is -0.492 e. The van der Waals surface area contributed by atoms with Gasteiger partial charge in [0.05, 0.1) is 12.7 Å². The quantitative estimate of drug-likeness (QED) is 0.863. The highest BCUT2D eigenvalue weighted by Crippen LogP contribution is 2.12. The maximum atomic E-state index is 10.8. The van der Waals surface area contributed by atoms with E-state index in [1.165, 1.54) is 10.9 Å². The third-order valence-electron chi connectivity index (χ3n) is 2.40. The van der Waals surface area contributed by atoms with Crippen molar-refractivity contribution in [3.63, 3.8) is 0 Å². The Labute approximate surface area is 104 Å². The average molecular weight is 247 g/mol. The van der Waals surface area contributed by atoms with Gasteiger partial charge in [-0.15, -0.1) is 5.10 Å². The Hall–Kier alpha value is -2.37. The SMILES string of the molecule is Cc1cccc(OCCn2nncc2C(=O)O)c1. The van der Waals surface area contributed by atoms with Gasteiger partial charge in [-0.25, -0.2) is 9.48 Å². The van der Waals surface area contributed by atoms with Crippen LogP contribution in [0.2, 0.25) is 0 Å². The van der Waals surface area contributed by atoms with Gasteiger partial charge in [-0.3, -0.25) is 0 Å². The van der Waals surface area contributed by atoms with Crippen LogP contribution in [0.4, 0.5) is 0 Å². The van der Waals surface area contributed by atoms with Crippen LogP contribution in [0.15, 0.2) is 30.5 Å². The summed E-state index contributed by atoms with van der Waals surface area (Å²) in [6, 6.07) is 7.65. The fraction of sp³-hybridized carbons (Fsp3) is 0.250. The number of carbonyl (C=O) groups is 1. The van der Waals surface area contributed by atoms with Crippen molar-refractivity contribution in [2.24, 2.45) is 0 Å². The molecule has 0 saturated heterocycles. The number of ether oxygens (including phenoxy) is 1. The molecule has 2 aromatic rings. The van der Waals surface area contributed by atoms with Gasteiger partial charge < -0.3 is 9.84 Å².